The Morgan fingerprint density at radius 1 is 0.941 bits per heavy atom. The monoisotopic (exact) mass is 234 g/mol. The Labute approximate surface area is 108 Å². The van der Waals surface area contributed by atoms with Crippen molar-refractivity contribution in [1.29, 1.82) is 0 Å². The van der Waals surface area contributed by atoms with Crippen LogP contribution >= 0.6 is 0 Å². The molecule has 0 nitrogen and oxygen atoms in total. The Morgan fingerprint density at radius 2 is 1.47 bits per heavy atom. The topological polar surface area (TPSA) is 0 Å². The minimum absolute atomic E-state index is 0.785. The second-order valence-electron chi connectivity index (χ2n) is 4.45. The summed E-state index contributed by atoms with van der Waals surface area (Å²) in [5.41, 5.74) is 7.74. The molecule has 0 aromatic heterocycles. The highest BCUT2D eigenvalue weighted by molar-refractivity contribution is 5.48. The van der Waals surface area contributed by atoms with E-state index in [-0.39, 0.29) is 0 Å². The van der Waals surface area contributed by atoms with Crippen molar-refractivity contribution in [3.63, 3.8) is 0 Å². The van der Waals surface area contributed by atoms with Crippen LogP contribution in [0.2, 0.25) is 0 Å². The van der Waals surface area contributed by atoms with Crippen LogP contribution in [0.25, 0.3) is 0 Å². The van der Waals surface area contributed by atoms with Crippen molar-refractivity contribution in [2.75, 3.05) is 0 Å². The Bertz CT molecular complexity index is 348. The van der Waals surface area contributed by atoms with E-state index in [4.69, 9.17) is 0 Å². The zero-order valence-electron chi connectivity index (χ0n) is 13.1. The number of hydrogen-bond acceptors (Lipinski definition) is 0. The van der Waals surface area contributed by atoms with Gasteiger partial charge in [-0.3, -0.25) is 0 Å². The van der Waals surface area contributed by atoms with E-state index in [1.165, 1.54) is 24.0 Å². The molecule has 0 heterocycles. The molecule has 2 rings (SSSR count). The third-order valence-electron chi connectivity index (χ3n) is 3.69. The van der Waals surface area contributed by atoms with Gasteiger partial charge in [0.2, 0.25) is 0 Å². The second kappa shape index (κ2) is 7.53. The largest absolute Gasteiger partial charge is 0.0683 e. The molecule has 1 atom stereocenters. The molecule has 0 amide bonds. The third-order valence-corrected chi connectivity index (χ3v) is 3.69. The van der Waals surface area contributed by atoms with Gasteiger partial charge in [-0.05, 0) is 67.3 Å². The van der Waals surface area contributed by atoms with E-state index in [2.05, 4.69) is 33.8 Å². The maximum absolute atomic E-state index is 2.40. The van der Waals surface area contributed by atoms with Gasteiger partial charge in [-0.25, -0.2) is 0 Å². The van der Waals surface area contributed by atoms with Gasteiger partial charge in [0, 0.05) is 0 Å². The third kappa shape index (κ3) is 3.34. The quantitative estimate of drug-likeness (QED) is 0.539. The molecule has 0 aliphatic heterocycles. The maximum atomic E-state index is 2.40. The van der Waals surface area contributed by atoms with Crippen molar-refractivity contribution in [3.05, 3.63) is 33.9 Å². The second-order valence-corrected chi connectivity index (χ2v) is 4.45. The van der Waals surface area contributed by atoms with Crippen LogP contribution < -0.4 is 0 Å². The highest BCUT2D eigenvalue weighted by Gasteiger charge is 2.21. The minimum atomic E-state index is 0.785. The first-order chi connectivity index (χ1) is 8.11. The molecule has 1 aromatic carbocycles. The summed E-state index contributed by atoms with van der Waals surface area (Å²) in [6, 6.07) is 2.40. The summed E-state index contributed by atoms with van der Waals surface area (Å²) >= 11 is 0. The molecule has 1 aliphatic rings. The molecule has 17 heavy (non-hydrogen) atoms. The van der Waals surface area contributed by atoms with Crippen LogP contribution in [0.4, 0.5) is 0 Å². The van der Waals surface area contributed by atoms with Crippen LogP contribution in [0.5, 0.6) is 0 Å². The lowest BCUT2D eigenvalue weighted by Crippen LogP contribution is -1.95. The van der Waals surface area contributed by atoms with E-state index in [9.17, 15) is 0 Å². The summed E-state index contributed by atoms with van der Waals surface area (Å²) in [6.07, 6.45) is 2.64. The number of aryl methyl sites for hydroxylation is 1. The summed E-state index contributed by atoms with van der Waals surface area (Å²) in [4.78, 5) is 0. The normalized spacial score (nSPS) is 16.4. The lowest BCUT2D eigenvalue weighted by molar-refractivity contribution is 0.747. The Balaban J connectivity index is 0.000000581. The van der Waals surface area contributed by atoms with Crippen molar-refractivity contribution in [3.8, 4) is 0 Å². The van der Waals surface area contributed by atoms with Gasteiger partial charge in [-0.15, -0.1) is 0 Å². The molecule has 0 fully saturated rings. The number of benzene rings is 1. The Morgan fingerprint density at radius 3 is 2.00 bits per heavy atom. The summed E-state index contributed by atoms with van der Waals surface area (Å²) in [5, 5.41) is 0. The maximum Gasteiger partial charge on any atom is -0.0184 e. The van der Waals surface area contributed by atoms with Crippen LogP contribution in [0.3, 0.4) is 0 Å². The smallest absolute Gasteiger partial charge is 0.0184 e. The molecule has 1 aliphatic carbocycles. The number of hydrogen-bond donors (Lipinski definition) is 0. The predicted molar refractivity (Wildman–Crippen MR) is 80.1 cm³/mol. The van der Waals surface area contributed by atoms with E-state index >= 15 is 0 Å². The van der Waals surface area contributed by atoms with Crippen LogP contribution in [0.1, 0.15) is 74.8 Å². The van der Waals surface area contributed by atoms with E-state index in [0.717, 1.165) is 5.92 Å². The molecule has 0 N–H and O–H groups in total. The first-order valence-electron chi connectivity index (χ1n) is 7.21. The van der Waals surface area contributed by atoms with Crippen LogP contribution in [-0.4, -0.2) is 0 Å². The molecular weight excluding hydrogens is 204 g/mol. The van der Waals surface area contributed by atoms with Gasteiger partial charge in [0.25, 0.3) is 0 Å². The Hall–Kier alpha value is -0.780. The fourth-order valence-electron chi connectivity index (χ4n) is 2.46. The van der Waals surface area contributed by atoms with Gasteiger partial charge >= 0.3 is 0 Å². The molecule has 0 spiro atoms. The predicted octanol–water partition coefficient (Wildman–Crippen LogP) is 5.71. The molecule has 0 heteroatoms. The van der Waals surface area contributed by atoms with E-state index in [1.54, 1.807) is 16.7 Å². The van der Waals surface area contributed by atoms with Crippen molar-refractivity contribution < 1.29 is 0 Å². The van der Waals surface area contributed by atoms with Crippen LogP contribution in [0, 0.1) is 20.8 Å². The summed E-state index contributed by atoms with van der Waals surface area (Å²) in [7, 11) is 0. The molecule has 0 saturated heterocycles. The van der Waals surface area contributed by atoms with E-state index in [0.29, 0.717) is 0 Å². The fraction of sp³-hybridized carbons (Fsp3) is 0.647. The zero-order valence-corrected chi connectivity index (χ0v) is 13.1. The lowest BCUT2D eigenvalue weighted by Gasteiger charge is -2.12. The molecule has 0 bridgehead atoms. The van der Waals surface area contributed by atoms with Gasteiger partial charge < -0.3 is 0 Å². The van der Waals surface area contributed by atoms with Gasteiger partial charge in [-0.2, -0.15) is 0 Å². The average molecular weight is 234 g/mol. The van der Waals surface area contributed by atoms with E-state index in [1.807, 2.05) is 27.7 Å². The number of rotatable bonds is 0. The average Bonchev–Trinajstić information content (AvgIpc) is 2.73. The zero-order chi connectivity index (χ0) is 13.6. The highest BCUT2D eigenvalue weighted by atomic mass is 14.3. The molecular formula is C17H30. The minimum Gasteiger partial charge on any atom is -0.0683 e. The Kier molecular flexibility index (Phi) is 7.18. The summed E-state index contributed by atoms with van der Waals surface area (Å²) in [5.74, 6) is 0.785. The molecule has 0 saturated carbocycles. The molecule has 1 unspecified atom stereocenters. The van der Waals surface area contributed by atoms with Gasteiger partial charge in [0.1, 0.15) is 0 Å². The molecule has 0 radical (unpaired) electrons. The fourth-order valence-corrected chi connectivity index (χ4v) is 2.46. The molecule has 98 valence electrons. The highest BCUT2D eigenvalue weighted by Crippen LogP contribution is 2.36. The summed E-state index contributed by atoms with van der Waals surface area (Å²) < 4.78 is 0. The van der Waals surface area contributed by atoms with Crippen molar-refractivity contribution >= 4 is 0 Å². The SMILES string of the molecule is CC.CC.Cc1cc2c(c(C)c1C)CCC2C. The standard InChI is InChI=1S/C13H18.2C2H6/c1-8-5-6-12-11(4)10(3)9(2)7-13(8)12;2*1-2/h7-8H,5-6H2,1-4H3;2*1-2H3. The van der Waals surface area contributed by atoms with Crippen molar-refractivity contribution in [1.82, 2.24) is 0 Å². The molecule has 1 aromatic rings. The van der Waals surface area contributed by atoms with E-state index < -0.39 is 0 Å². The van der Waals surface area contributed by atoms with Crippen molar-refractivity contribution in [2.24, 2.45) is 0 Å². The van der Waals surface area contributed by atoms with Crippen LogP contribution in [0.15, 0.2) is 6.07 Å². The van der Waals surface area contributed by atoms with Gasteiger partial charge in [0.15, 0.2) is 0 Å². The van der Waals surface area contributed by atoms with Crippen molar-refractivity contribution in [2.45, 2.75) is 74.1 Å². The van der Waals surface area contributed by atoms with Gasteiger partial charge in [-0.1, -0.05) is 40.7 Å². The first-order valence-corrected chi connectivity index (χ1v) is 7.21. The summed E-state index contributed by atoms with van der Waals surface area (Å²) in [6.45, 7) is 17.1. The number of fused-ring (bicyclic) bond motifs is 1. The van der Waals surface area contributed by atoms with Crippen LogP contribution in [-0.2, 0) is 6.42 Å². The first kappa shape index (κ1) is 16.2. The van der Waals surface area contributed by atoms with Gasteiger partial charge in [0.05, 0.1) is 0 Å². The lowest BCUT2D eigenvalue weighted by atomic mass is 9.93.